The molecule has 2 fully saturated rings. The van der Waals surface area contributed by atoms with Crippen LogP contribution < -0.4 is 10.2 Å². The van der Waals surface area contributed by atoms with Gasteiger partial charge in [0.2, 0.25) is 0 Å². The first kappa shape index (κ1) is 18.6. The smallest absolute Gasteiger partial charge is 0.192 e. The molecule has 31 heavy (non-hydrogen) atoms. The van der Waals surface area contributed by atoms with Crippen LogP contribution in [0.25, 0.3) is 33.4 Å². The molecule has 0 bridgehead atoms. The minimum Gasteiger partial charge on any atom is -0.507 e. The van der Waals surface area contributed by atoms with Gasteiger partial charge < -0.3 is 19.7 Å². The Balaban J connectivity index is 1.25. The number of fused-ring (bicyclic) bond motifs is 2. The van der Waals surface area contributed by atoms with E-state index in [0.29, 0.717) is 34.3 Å². The number of phenolic OH excluding ortho intramolecular Hbond substituents is 1. The van der Waals surface area contributed by atoms with Gasteiger partial charge in [-0.3, -0.25) is 0 Å². The predicted molar refractivity (Wildman–Crippen MR) is 120 cm³/mol. The SMILES string of the molecule is Cc1nc2cc(O)c(-c3ccc4nc(N5CCC(NCC6CC6)C5)ccc4n3)cc2o1. The number of nitrogens with zero attached hydrogens (tertiary/aromatic N) is 4. The van der Waals surface area contributed by atoms with Gasteiger partial charge in [-0.2, -0.15) is 0 Å². The molecule has 0 amide bonds. The van der Waals surface area contributed by atoms with Gasteiger partial charge in [0.25, 0.3) is 0 Å². The lowest BCUT2D eigenvalue weighted by molar-refractivity contribution is 0.477. The maximum Gasteiger partial charge on any atom is 0.192 e. The highest BCUT2D eigenvalue weighted by molar-refractivity contribution is 5.86. The van der Waals surface area contributed by atoms with E-state index in [4.69, 9.17) is 14.4 Å². The molecule has 2 aliphatic rings. The van der Waals surface area contributed by atoms with Gasteiger partial charge in [0.15, 0.2) is 11.5 Å². The van der Waals surface area contributed by atoms with E-state index >= 15 is 0 Å². The van der Waals surface area contributed by atoms with E-state index in [9.17, 15) is 5.11 Å². The summed E-state index contributed by atoms with van der Waals surface area (Å²) in [5, 5.41) is 14.2. The lowest BCUT2D eigenvalue weighted by Gasteiger charge is -2.18. The number of anilines is 1. The molecule has 7 nitrogen and oxygen atoms in total. The van der Waals surface area contributed by atoms with Crippen molar-refractivity contribution in [2.75, 3.05) is 24.5 Å². The molecule has 6 rings (SSSR count). The normalized spacial score (nSPS) is 19.0. The van der Waals surface area contributed by atoms with Gasteiger partial charge in [0.05, 0.1) is 16.7 Å². The van der Waals surface area contributed by atoms with Gasteiger partial charge in [-0.25, -0.2) is 15.0 Å². The lowest BCUT2D eigenvalue weighted by atomic mass is 10.1. The summed E-state index contributed by atoms with van der Waals surface area (Å²) in [6.07, 6.45) is 3.93. The molecule has 4 heterocycles. The zero-order chi connectivity index (χ0) is 20.9. The minimum atomic E-state index is 0.138. The summed E-state index contributed by atoms with van der Waals surface area (Å²) in [5.74, 6) is 2.61. The molecule has 2 N–H and O–H groups in total. The van der Waals surface area contributed by atoms with Crippen molar-refractivity contribution in [3.63, 3.8) is 0 Å². The van der Waals surface area contributed by atoms with Crippen LogP contribution in [0.5, 0.6) is 5.75 Å². The third kappa shape index (κ3) is 3.59. The maximum absolute atomic E-state index is 10.5. The van der Waals surface area contributed by atoms with Gasteiger partial charge in [-0.15, -0.1) is 0 Å². The Kier molecular flexibility index (Phi) is 4.31. The average molecular weight is 415 g/mol. The van der Waals surface area contributed by atoms with Crippen molar-refractivity contribution < 1.29 is 9.52 Å². The second kappa shape index (κ2) is 7.20. The monoisotopic (exact) mass is 415 g/mol. The predicted octanol–water partition coefficient (Wildman–Crippen LogP) is 4.03. The number of aromatic nitrogens is 3. The second-order valence-corrected chi connectivity index (χ2v) is 8.76. The van der Waals surface area contributed by atoms with Crippen molar-refractivity contribution in [3.8, 4) is 17.0 Å². The highest BCUT2D eigenvalue weighted by Crippen LogP contribution is 2.34. The van der Waals surface area contributed by atoms with Crippen LogP contribution in [-0.4, -0.2) is 45.7 Å². The largest absolute Gasteiger partial charge is 0.507 e. The van der Waals surface area contributed by atoms with Gasteiger partial charge >= 0.3 is 0 Å². The Hall–Kier alpha value is -3.19. The number of aromatic hydroxyl groups is 1. The van der Waals surface area contributed by atoms with Crippen LogP contribution in [0.4, 0.5) is 5.82 Å². The average Bonchev–Trinajstić information content (AvgIpc) is 3.35. The highest BCUT2D eigenvalue weighted by Gasteiger charge is 2.27. The summed E-state index contributed by atoms with van der Waals surface area (Å²) < 4.78 is 5.61. The fraction of sp³-hybridized carbons (Fsp3) is 0.375. The quantitative estimate of drug-likeness (QED) is 0.509. The van der Waals surface area contributed by atoms with E-state index in [2.05, 4.69) is 15.2 Å². The van der Waals surface area contributed by atoms with E-state index in [0.717, 1.165) is 48.8 Å². The zero-order valence-corrected chi connectivity index (χ0v) is 17.5. The van der Waals surface area contributed by atoms with Crippen molar-refractivity contribution in [3.05, 3.63) is 42.3 Å². The molecule has 1 atom stereocenters. The number of phenols is 1. The van der Waals surface area contributed by atoms with E-state index < -0.39 is 0 Å². The van der Waals surface area contributed by atoms with Gasteiger partial charge in [-0.1, -0.05) is 0 Å². The van der Waals surface area contributed by atoms with Gasteiger partial charge in [-0.05, 0) is 62.1 Å². The fourth-order valence-corrected chi connectivity index (χ4v) is 4.40. The molecular weight excluding hydrogens is 390 g/mol. The maximum atomic E-state index is 10.5. The van der Waals surface area contributed by atoms with Crippen molar-refractivity contribution in [1.29, 1.82) is 0 Å². The highest BCUT2D eigenvalue weighted by atomic mass is 16.3. The molecule has 7 heteroatoms. The van der Waals surface area contributed by atoms with E-state index in [1.807, 2.05) is 24.3 Å². The van der Waals surface area contributed by atoms with Crippen LogP contribution in [-0.2, 0) is 0 Å². The minimum absolute atomic E-state index is 0.138. The second-order valence-electron chi connectivity index (χ2n) is 8.76. The molecule has 158 valence electrons. The van der Waals surface area contributed by atoms with Crippen molar-refractivity contribution >= 4 is 28.0 Å². The van der Waals surface area contributed by atoms with Gasteiger partial charge in [0, 0.05) is 37.7 Å². The van der Waals surface area contributed by atoms with Crippen molar-refractivity contribution in [2.24, 2.45) is 5.92 Å². The third-order valence-electron chi connectivity index (χ3n) is 6.32. The molecule has 0 radical (unpaired) electrons. The molecule has 4 aromatic rings. The topological polar surface area (TPSA) is 87.3 Å². The Morgan fingerprint density at radius 3 is 2.74 bits per heavy atom. The van der Waals surface area contributed by atoms with Crippen molar-refractivity contribution in [1.82, 2.24) is 20.3 Å². The standard InChI is InChI=1S/C24H25N5O2/c1-14-26-21-11-22(30)17(10-23(21)31-14)18-4-5-20-19(27-18)6-7-24(28-20)29-9-8-16(13-29)25-12-15-2-3-15/h4-7,10-11,15-16,25,30H,2-3,8-9,12-13H2,1H3. The van der Waals surface area contributed by atoms with Crippen LogP contribution in [0, 0.1) is 12.8 Å². The summed E-state index contributed by atoms with van der Waals surface area (Å²) >= 11 is 0. The summed E-state index contributed by atoms with van der Waals surface area (Å²) in [7, 11) is 0. The van der Waals surface area contributed by atoms with Crippen molar-refractivity contribution in [2.45, 2.75) is 32.2 Å². The van der Waals surface area contributed by atoms with E-state index in [1.54, 1.807) is 19.1 Å². The number of hydrogen-bond acceptors (Lipinski definition) is 7. The Morgan fingerprint density at radius 1 is 1.03 bits per heavy atom. The van der Waals surface area contributed by atoms with E-state index in [-0.39, 0.29) is 5.75 Å². The molecule has 1 aliphatic carbocycles. The number of nitrogens with one attached hydrogen (secondary N) is 1. The summed E-state index contributed by atoms with van der Waals surface area (Å²) in [6, 6.07) is 11.9. The molecule has 1 unspecified atom stereocenters. The van der Waals surface area contributed by atoms with Crippen LogP contribution in [0.2, 0.25) is 0 Å². The van der Waals surface area contributed by atoms with Crippen LogP contribution in [0.3, 0.4) is 0 Å². The first-order valence-electron chi connectivity index (χ1n) is 11.0. The summed E-state index contributed by atoms with van der Waals surface area (Å²) in [5.41, 5.74) is 4.24. The van der Waals surface area contributed by atoms with Gasteiger partial charge in [0.1, 0.15) is 17.1 Å². The Morgan fingerprint density at radius 2 is 1.87 bits per heavy atom. The molecule has 3 aromatic heterocycles. The molecular formula is C24H25N5O2. The number of oxazole rings is 1. The molecule has 1 aromatic carbocycles. The van der Waals surface area contributed by atoms with Crippen LogP contribution >= 0.6 is 0 Å². The molecule has 1 aliphatic heterocycles. The number of hydrogen-bond donors (Lipinski definition) is 2. The third-order valence-corrected chi connectivity index (χ3v) is 6.32. The Labute approximate surface area is 180 Å². The number of benzene rings is 1. The number of aryl methyl sites for hydroxylation is 1. The molecule has 0 spiro atoms. The lowest BCUT2D eigenvalue weighted by Crippen LogP contribution is -2.34. The fourth-order valence-electron chi connectivity index (χ4n) is 4.40. The first-order valence-corrected chi connectivity index (χ1v) is 11.0. The number of rotatable bonds is 5. The summed E-state index contributed by atoms with van der Waals surface area (Å²) in [6.45, 7) is 4.97. The van der Waals surface area contributed by atoms with E-state index in [1.165, 1.54) is 12.8 Å². The molecule has 1 saturated carbocycles. The Bertz CT molecular complexity index is 1280. The van der Waals surface area contributed by atoms with Crippen LogP contribution in [0.15, 0.2) is 40.8 Å². The molecule has 1 saturated heterocycles. The zero-order valence-electron chi connectivity index (χ0n) is 17.5. The first-order chi connectivity index (χ1) is 15.1. The summed E-state index contributed by atoms with van der Waals surface area (Å²) in [4.78, 5) is 16.2. The number of pyridine rings is 2. The van der Waals surface area contributed by atoms with Crippen LogP contribution in [0.1, 0.15) is 25.2 Å².